The minimum Gasteiger partial charge on any atom is -0.391 e. The Kier molecular flexibility index (Phi) is 5.67. The van der Waals surface area contributed by atoms with E-state index in [9.17, 15) is 9.90 Å². The molecule has 4 bridgehead atoms. The Labute approximate surface area is 185 Å². The van der Waals surface area contributed by atoms with Gasteiger partial charge in [0.2, 0.25) is 5.91 Å². The summed E-state index contributed by atoms with van der Waals surface area (Å²) in [7, 11) is 0. The lowest BCUT2D eigenvalue weighted by Gasteiger charge is -2.55. The second-order valence-corrected chi connectivity index (χ2v) is 10.9. The largest absolute Gasteiger partial charge is 0.391 e. The average molecular weight is 428 g/mol. The zero-order chi connectivity index (χ0) is 21.7. The Morgan fingerprint density at radius 3 is 2.52 bits per heavy atom. The van der Waals surface area contributed by atoms with Crippen molar-refractivity contribution in [3.05, 3.63) is 17.6 Å². The number of carbonyl (C=O) groups is 1. The molecular weight excluding hydrogens is 390 g/mol. The molecule has 0 radical (unpaired) electrons. The molecule has 0 aromatic carbocycles. The third-order valence-corrected chi connectivity index (χ3v) is 8.54. The van der Waals surface area contributed by atoms with Crippen LogP contribution in [0.15, 0.2) is 6.33 Å². The van der Waals surface area contributed by atoms with Crippen LogP contribution < -0.4 is 11.1 Å². The van der Waals surface area contributed by atoms with Crippen molar-refractivity contribution in [3.63, 3.8) is 0 Å². The highest BCUT2D eigenvalue weighted by molar-refractivity contribution is 5.82. The predicted octanol–water partition coefficient (Wildman–Crippen LogP) is 2.19. The summed E-state index contributed by atoms with van der Waals surface area (Å²) in [6, 6.07) is -0.475. The smallest absolute Gasteiger partial charge is 0.240 e. The molecular formula is C24H37N5O2. The molecule has 170 valence electrons. The highest BCUT2D eigenvalue weighted by Gasteiger charge is 2.50. The van der Waals surface area contributed by atoms with Crippen molar-refractivity contribution in [2.24, 2.45) is 41.2 Å². The van der Waals surface area contributed by atoms with Crippen molar-refractivity contribution in [2.45, 2.75) is 71.1 Å². The maximum Gasteiger partial charge on any atom is 0.240 e. The lowest BCUT2D eigenvalue weighted by molar-refractivity contribution is -0.134. The molecule has 4 N–H and O–H groups in total. The second kappa shape index (κ2) is 8.32. The van der Waals surface area contributed by atoms with Crippen molar-refractivity contribution in [2.75, 3.05) is 18.4 Å². The first-order chi connectivity index (χ1) is 14.9. The molecule has 6 rings (SSSR count). The number of aliphatic hydroxyl groups excluding tert-OH is 1. The molecule has 7 heteroatoms. The third-order valence-electron chi connectivity index (χ3n) is 8.54. The molecule has 0 saturated heterocycles. The highest BCUT2D eigenvalue weighted by atomic mass is 16.3. The summed E-state index contributed by atoms with van der Waals surface area (Å²) >= 11 is 0. The molecule has 2 atom stereocenters. The first kappa shape index (κ1) is 21.1. The fourth-order valence-electron chi connectivity index (χ4n) is 7.12. The first-order valence-corrected chi connectivity index (χ1v) is 12.2. The number of nitrogens with one attached hydrogen (secondary N) is 1. The molecule has 31 heavy (non-hydrogen) atoms. The van der Waals surface area contributed by atoms with Crippen LogP contribution >= 0.6 is 0 Å². The van der Waals surface area contributed by atoms with Crippen molar-refractivity contribution in [1.82, 2.24) is 14.9 Å². The maximum absolute atomic E-state index is 12.7. The zero-order valence-electron chi connectivity index (χ0n) is 18.8. The van der Waals surface area contributed by atoms with Gasteiger partial charge in [-0.05, 0) is 74.0 Å². The number of nitrogens with two attached hydrogens (primary N) is 1. The Morgan fingerprint density at radius 1 is 1.19 bits per heavy atom. The molecule has 1 aromatic rings. The van der Waals surface area contributed by atoms with Gasteiger partial charge in [0.15, 0.2) is 0 Å². The van der Waals surface area contributed by atoms with Crippen LogP contribution in [0.4, 0.5) is 5.82 Å². The number of aliphatic hydroxyl groups is 1. The fourth-order valence-corrected chi connectivity index (χ4v) is 7.12. The Morgan fingerprint density at radius 2 is 1.87 bits per heavy atom. The van der Waals surface area contributed by atoms with Crippen LogP contribution in [0.3, 0.4) is 0 Å². The molecule has 7 nitrogen and oxygen atoms in total. The van der Waals surface area contributed by atoms with Crippen molar-refractivity contribution >= 4 is 11.7 Å². The molecule has 1 amide bonds. The summed E-state index contributed by atoms with van der Waals surface area (Å²) in [6.45, 7) is 5.59. The minimum absolute atomic E-state index is 0.00826. The van der Waals surface area contributed by atoms with Gasteiger partial charge in [-0.25, -0.2) is 9.97 Å². The summed E-state index contributed by atoms with van der Waals surface area (Å²) < 4.78 is 0. The maximum atomic E-state index is 12.7. The van der Waals surface area contributed by atoms with E-state index in [-0.39, 0.29) is 17.9 Å². The van der Waals surface area contributed by atoms with E-state index < -0.39 is 6.04 Å². The van der Waals surface area contributed by atoms with E-state index in [2.05, 4.69) is 15.3 Å². The van der Waals surface area contributed by atoms with Crippen molar-refractivity contribution in [3.8, 4) is 0 Å². The van der Waals surface area contributed by atoms with Gasteiger partial charge in [0, 0.05) is 18.7 Å². The van der Waals surface area contributed by atoms with Gasteiger partial charge < -0.3 is 21.1 Å². The van der Waals surface area contributed by atoms with E-state index in [1.807, 2.05) is 18.7 Å². The number of fused-ring (bicyclic) bond motifs is 1. The number of carbonyl (C=O) groups excluding carboxylic acids is 1. The summed E-state index contributed by atoms with van der Waals surface area (Å²) in [6.07, 6.45) is 8.66. The molecule has 2 heterocycles. The van der Waals surface area contributed by atoms with E-state index in [0.717, 1.165) is 28.9 Å². The number of nitrogens with zero attached hydrogens (tertiary/aromatic N) is 3. The van der Waals surface area contributed by atoms with E-state index in [0.29, 0.717) is 43.8 Å². The first-order valence-electron chi connectivity index (χ1n) is 12.2. The second-order valence-electron chi connectivity index (χ2n) is 10.9. The molecule has 1 aliphatic heterocycles. The van der Waals surface area contributed by atoms with Crippen LogP contribution in [-0.2, 0) is 17.8 Å². The van der Waals surface area contributed by atoms with Crippen molar-refractivity contribution < 1.29 is 9.90 Å². The Bertz CT molecular complexity index is 800. The molecule has 1 unspecified atom stereocenters. The van der Waals surface area contributed by atoms with Crippen LogP contribution in [0.5, 0.6) is 0 Å². The summed E-state index contributed by atoms with van der Waals surface area (Å²) in [4.78, 5) is 23.4. The van der Waals surface area contributed by atoms with Gasteiger partial charge in [-0.2, -0.15) is 0 Å². The third kappa shape index (κ3) is 3.95. The average Bonchev–Trinajstić information content (AvgIpc) is 2.75. The standard InChI is InChI=1S/C24H37N5O2/c1-13(2)22(25)24(31)29-4-3-18-19(11-29)27-12-28-23(18)26-10-20(30)21-16-6-14-5-15(8-16)9-17(21)7-14/h12-17,20-22,30H,3-11,25H2,1-2H3,(H,26,27,28)/t14?,15?,16?,17?,20?,21?,22-/m1/s1. The number of hydrogen-bond acceptors (Lipinski definition) is 6. The van der Waals surface area contributed by atoms with Crippen molar-refractivity contribution in [1.29, 1.82) is 0 Å². The molecule has 0 spiro atoms. The number of amides is 1. The quantitative estimate of drug-likeness (QED) is 0.643. The van der Waals surface area contributed by atoms with Crippen LogP contribution in [0.1, 0.15) is 57.2 Å². The molecule has 5 aliphatic rings. The van der Waals surface area contributed by atoms with Gasteiger partial charge in [0.1, 0.15) is 12.1 Å². The SMILES string of the molecule is CC(C)[C@@H](N)C(=O)N1CCc2c(ncnc2NCC(O)C2C3CC4CC(C3)CC2C4)C1. The van der Waals surface area contributed by atoms with E-state index in [1.54, 1.807) is 6.33 Å². The molecule has 1 aromatic heterocycles. The van der Waals surface area contributed by atoms with E-state index in [4.69, 9.17) is 5.73 Å². The zero-order valence-corrected chi connectivity index (χ0v) is 18.8. The summed E-state index contributed by atoms with van der Waals surface area (Å²) in [5.41, 5.74) is 8.04. The topological polar surface area (TPSA) is 104 Å². The lowest BCUT2D eigenvalue weighted by Crippen LogP contribution is -2.50. The van der Waals surface area contributed by atoms with Gasteiger partial charge in [0.25, 0.3) is 0 Å². The Balaban J connectivity index is 1.23. The van der Waals surface area contributed by atoms with Gasteiger partial charge in [-0.3, -0.25) is 4.79 Å². The van der Waals surface area contributed by atoms with E-state index in [1.165, 1.54) is 32.1 Å². The van der Waals surface area contributed by atoms with E-state index >= 15 is 0 Å². The number of aromatic nitrogens is 2. The summed E-state index contributed by atoms with van der Waals surface area (Å²) in [5.74, 6) is 4.60. The predicted molar refractivity (Wildman–Crippen MR) is 119 cm³/mol. The number of hydrogen-bond donors (Lipinski definition) is 3. The van der Waals surface area contributed by atoms with Crippen LogP contribution in [0, 0.1) is 35.5 Å². The van der Waals surface area contributed by atoms with Gasteiger partial charge in [0.05, 0.1) is 24.4 Å². The Hall–Kier alpha value is -1.73. The van der Waals surface area contributed by atoms with Gasteiger partial charge >= 0.3 is 0 Å². The molecule has 4 aliphatic carbocycles. The van der Waals surface area contributed by atoms with Gasteiger partial charge in [-0.15, -0.1) is 0 Å². The highest BCUT2D eigenvalue weighted by Crippen LogP contribution is 2.57. The van der Waals surface area contributed by atoms with Crippen LogP contribution in [-0.4, -0.2) is 51.1 Å². The minimum atomic E-state index is -0.475. The van der Waals surface area contributed by atoms with Crippen LogP contribution in [0.25, 0.3) is 0 Å². The summed E-state index contributed by atoms with van der Waals surface area (Å²) in [5, 5.41) is 14.5. The van der Waals surface area contributed by atoms with Gasteiger partial charge in [-0.1, -0.05) is 13.8 Å². The number of anilines is 1. The van der Waals surface area contributed by atoms with Crippen LogP contribution in [0.2, 0.25) is 0 Å². The normalized spacial score (nSPS) is 33.3. The molecule has 4 fully saturated rings. The monoisotopic (exact) mass is 427 g/mol. The number of rotatable bonds is 6. The molecule has 4 saturated carbocycles. The fraction of sp³-hybridized carbons (Fsp3) is 0.792. The lowest BCUT2D eigenvalue weighted by atomic mass is 9.51.